The molecule has 1 atom stereocenters. The number of carbonyl (C=O) groups excluding carboxylic acids is 1. The maximum absolute atomic E-state index is 12.1. The highest BCUT2D eigenvalue weighted by Gasteiger charge is 2.39. The van der Waals surface area contributed by atoms with Gasteiger partial charge in [0, 0.05) is 6.42 Å². The average molecular weight is 325 g/mol. The number of sulfone groups is 1. The van der Waals surface area contributed by atoms with Gasteiger partial charge in [-0.05, 0) is 37.5 Å². The van der Waals surface area contributed by atoms with Crippen LogP contribution in [0.1, 0.15) is 25.3 Å². The van der Waals surface area contributed by atoms with Crippen molar-refractivity contribution >= 4 is 15.7 Å². The van der Waals surface area contributed by atoms with Gasteiger partial charge in [0.2, 0.25) is 12.7 Å². The number of carbonyl (C=O) groups is 1. The number of benzene rings is 1. The molecule has 6 nitrogen and oxygen atoms in total. The SMILES string of the molecule is C[C@@]1(NC(=O)CCc2ccc3c(c2)OCO3)CCS(=O)(=O)C1. The molecule has 1 aromatic rings. The van der Waals surface area contributed by atoms with Crippen molar-refractivity contribution in [3.8, 4) is 11.5 Å². The first-order valence-electron chi connectivity index (χ1n) is 7.25. The monoisotopic (exact) mass is 325 g/mol. The second-order valence-corrected chi connectivity index (χ2v) is 8.32. The Balaban J connectivity index is 1.54. The first-order valence-corrected chi connectivity index (χ1v) is 9.07. The third-order valence-corrected chi connectivity index (χ3v) is 5.93. The molecule has 0 aliphatic carbocycles. The summed E-state index contributed by atoms with van der Waals surface area (Å²) in [6, 6.07) is 5.61. The van der Waals surface area contributed by atoms with Gasteiger partial charge in [0.05, 0.1) is 17.0 Å². The van der Waals surface area contributed by atoms with Crippen molar-refractivity contribution in [2.24, 2.45) is 0 Å². The Hall–Kier alpha value is -1.76. The smallest absolute Gasteiger partial charge is 0.231 e. The lowest BCUT2D eigenvalue weighted by atomic mass is 10.0. The molecule has 0 radical (unpaired) electrons. The van der Waals surface area contributed by atoms with Gasteiger partial charge in [-0.1, -0.05) is 6.07 Å². The fraction of sp³-hybridized carbons (Fsp3) is 0.533. The standard InChI is InChI=1S/C15H19NO5S/c1-15(6-7-22(18,19)9-15)16-14(17)5-3-11-2-4-12-13(8-11)21-10-20-12/h2,4,8H,3,5-7,9-10H2,1H3,(H,16,17)/t15-/m1/s1. The number of hydrogen-bond donors (Lipinski definition) is 1. The summed E-state index contributed by atoms with van der Waals surface area (Å²) in [6.45, 7) is 2.02. The fourth-order valence-electron chi connectivity index (χ4n) is 2.86. The molecule has 0 spiro atoms. The van der Waals surface area contributed by atoms with E-state index in [2.05, 4.69) is 5.32 Å². The summed E-state index contributed by atoms with van der Waals surface area (Å²) < 4.78 is 33.6. The summed E-state index contributed by atoms with van der Waals surface area (Å²) in [5, 5.41) is 2.86. The van der Waals surface area contributed by atoms with E-state index in [1.807, 2.05) is 18.2 Å². The molecule has 0 saturated carbocycles. The van der Waals surface area contributed by atoms with Crippen molar-refractivity contribution in [3.05, 3.63) is 23.8 Å². The predicted molar refractivity (Wildman–Crippen MR) is 80.7 cm³/mol. The van der Waals surface area contributed by atoms with Gasteiger partial charge in [0.15, 0.2) is 21.3 Å². The summed E-state index contributed by atoms with van der Waals surface area (Å²) in [6.07, 6.45) is 1.37. The highest BCUT2D eigenvalue weighted by molar-refractivity contribution is 7.91. The van der Waals surface area contributed by atoms with Crippen molar-refractivity contribution in [1.29, 1.82) is 0 Å². The quantitative estimate of drug-likeness (QED) is 0.894. The number of amides is 1. The topological polar surface area (TPSA) is 81.7 Å². The first kappa shape index (κ1) is 15.1. The molecule has 2 aliphatic heterocycles. The maximum atomic E-state index is 12.1. The van der Waals surface area contributed by atoms with Crippen molar-refractivity contribution < 1.29 is 22.7 Å². The van der Waals surface area contributed by atoms with Crippen LogP contribution in [0.4, 0.5) is 0 Å². The van der Waals surface area contributed by atoms with Crippen molar-refractivity contribution in [2.45, 2.75) is 31.7 Å². The minimum Gasteiger partial charge on any atom is -0.454 e. The molecule has 2 aliphatic rings. The summed E-state index contributed by atoms with van der Waals surface area (Å²) >= 11 is 0. The fourth-order valence-corrected chi connectivity index (χ4v) is 4.96. The minimum atomic E-state index is -3.02. The van der Waals surface area contributed by atoms with E-state index >= 15 is 0 Å². The lowest BCUT2D eigenvalue weighted by molar-refractivity contribution is -0.122. The Morgan fingerprint density at radius 2 is 2.09 bits per heavy atom. The van der Waals surface area contributed by atoms with Crippen LogP contribution in [-0.2, 0) is 21.1 Å². The second-order valence-electron chi connectivity index (χ2n) is 6.14. The molecule has 0 bridgehead atoms. The van der Waals surface area contributed by atoms with E-state index in [0.717, 1.165) is 11.3 Å². The predicted octanol–water partition coefficient (Wildman–Crippen LogP) is 1.04. The highest BCUT2D eigenvalue weighted by Crippen LogP contribution is 2.32. The van der Waals surface area contributed by atoms with Crippen LogP contribution < -0.4 is 14.8 Å². The Bertz CT molecular complexity index is 700. The molecule has 1 aromatic carbocycles. The molecular formula is C15H19NO5S. The lowest BCUT2D eigenvalue weighted by Crippen LogP contribution is -2.47. The lowest BCUT2D eigenvalue weighted by Gasteiger charge is -2.23. The molecule has 22 heavy (non-hydrogen) atoms. The number of ether oxygens (including phenoxy) is 2. The Morgan fingerprint density at radius 3 is 2.82 bits per heavy atom. The zero-order valence-corrected chi connectivity index (χ0v) is 13.2. The summed E-state index contributed by atoms with van der Waals surface area (Å²) in [5.41, 5.74) is 0.355. The minimum absolute atomic E-state index is 0.0236. The van der Waals surface area contributed by atoms with Crippen LogP contribution in [0.25, 0.3) is 0 Å². The van der Waals surface area contributed by atoms with Gasteiger partial charge >= 0.3 is 0 Å². The molecule has 7 heteroatoms. The molecular weight excluding hydrogens is 306 g/mol. The van der Waals surface area contributed by atoms with E-state index in [-0.39, 0.29) is 24.2 Å². The van der Waals surface area contributed by atoms with Crippen LogP contribution in [0.2, 0.25) is 0 Å². The number of rotatable bonds is 4. The maximum Gasteiger partial charge on any atom is 0.231 e. The van der Waals surface area contributed by atoms with Crippen molar-refractivity contribution in [2.75, 3.05) is 18.3 Å². The van der Waals surface area contributed by atoms with Gasteiger partial charge in [-0.2, -0.15) is 0 Å². The third kappa shape index (κ3) is 3.35. The van der Waals surface area contributed by atoms with Gasteiger partial charge in [-0.25, -0.2) is 8.42 Å². The number of nitrogens with one attached hydrogen (secondary N) is 1. The molecule has 1 fully saturated rings. The largest absolute Gasteiger partial charge is 0.454 e. The Kier molecular flexibility index (Phi) is 3.76. The van der Waals surface area contributed by atoms with E-state index in [4.69, 9.17) is 9.47 Å². The van der Waals surface area contributed by atoms with Crippen LogP contribution >= 0.6 is 0 Å². The summed E-state index contributed by atoms with van der Waals surface area (Å²) in [4.78, 5) is 12.1. The highest BCUT2D eigenvalue weighted by atomic mass is 32.2. The molecule has 1 N–H and O–H groups in total. The summed E-state index contributed by atoms with van der Waals surface area (Å²) in [5.74, 6) is 1.46. The Morgan fingerprint density at radius 1 is 1.32 bits per heavy atom. The number of hydrogen-bond acceptors (Lipinski definition) is 5. The molecule has 1 saturated heterocycles. The first-order chi connectivity index (χ1) is 10.4. The zero-order valence-electron chi connectivity index (χ0n) is 12.4. The van der Waals surface area contributed by atoms with E-state index < -0.39 is 15.4 Å². The molecule has 3 rings (SSSR count). The van der Waals surface area contributed by atoms with E-state index in [1.54, 1.807) is 6.92 Å². The van der Waals surface area contributed by atoms with Gasteiger partial charge in [-0.3, -0.25) is 4.79 Å². The zero-order chi connectivity index (χ0) is 15.8. The second kappa shape index (κ2) is 5.46. The van der Waals surface area contributed by atoms with Gasteiger partial charge in [-0.15, -0.1) is 0 Å². The Labute approximate surface area is 129 Å². The average Bonchev–Trinajstić information content (AvgIpc) is 3.00. The number of fused-ring (bicyclic) bond motifs is 1. The van der Waals surface area contributed by atoms with Crippen LogP contribution in [0.15, 0.2) is 18.2 Å². The molecule has 120 valence electrons. The van der Waals surface area contributed by atoms with Crippen molar-refractivity contribution in [3.63, 3.8) is 0 Å². The van der Waals surface area contributed by atoms with Crippen LogP contribution in [0, 0.1) is 0 Å². The normalized spacial score (nSPS) is 25.1. The van der Waals surface area contributed by atoms with E-state index in [9.17, 15) is 13.2 Å². The summed E-state index contributed by atoms with van der Waals surface area (Å²) in [7, 11) is -3.02. The van der Waals surface area contributed by atoms with Crippen LogP contribution in [0.3, 0.4) is 0 Å². The van der Waals surface area contributed by atoms with Crippen LogP contribution in [0.5, 0.6) is 11.5 Å². The molecule has 0 aromatic heterocycles. The number of aryl methyl sites for hydroxylation is 1. The molecule has 0 unspecified atom stereocenters. The van der Waals surface area contributed by atoms with Crippen molar-refractivity contribution in [1.82, 2.24) is 5.32 Å². The molecule has 1 amide bonds. The van der Waals surface area contributed by atoms with E-state index in [0.29, 0.717) is 25.0 Å². The third-order valence-electron chi connectivity index (χ3n) is 4.02. The van der Waals surface area contributed by atoms with E-state index in [1.165, 1.54) is 0 Å². The van der Waals surface area contributed by atoms with Gasteiger partial charge in [0.1, 0.15) is 0 Å². The van der Waals surface area contributed by atoms with Gasteiger partial charge < -0.3 is 14.8 Å². The molecule has 2 heterocycles. The van der Waals surface area contributed by atoms with Gasteiger partial charge in [0.25, 0.3) is 0 Å². The van der Waals surface area contributed by atoms with Crippen LogP contribution in [-0.4, -0.2) is 38.2 Å².